The number of fused-ring (bicyclic) bond motifs is 1. The number of rotatable bonds is 5. The predicted molar refractivity (Wildman–Crippen MR) is 74.3 cm³/mol. The molecule has 21 heavy (non-hydrogen) atoms. The van der Waals surface area contributed by atoms with Gasteiger partial charge < -0.3 is 24.8 Å². The van der Waals surface area contributed by atoms with Crippen LogP contribution in [0.15, 0.2) is 0 Å². The van der Waals surface area contributed by atoms with Crippen LogP contribution in [0.5, 0.6) is 0 Å². The first-order chi connectivity index (χ1) is 9.86. The first-order valence-electron chi connectivity index (χ1n) is 7.28. The van der Waals surface area contributed by atoms with E-state index in [9.17, 15) is 9.18 Å². The van der Waals surface area contributed by atoms with Gasteiger partial charge in [-0.25, -0.2) is 4.39 Å². The van der Waals surface area contributed by atoms with Crippen LogP contribution in [0, 0.1) is 5.92 Å². The molecule has 0 aliphatic carbocycles. The highest BCUT2D eigenvalue weighted by Crippen LogP contribution is 2.40. The minimum absolute atomic E-state index is 0.0333. The third-order valence-electron chi connectivity index (χ3n) is 4.32. The molecule has 0 aromatic carbocycles. The van der Waals surface area contributed by atoms with Gasteiger partial charge in [0, 0.05) is 14.2 Å². The number of carbonyl (C=O) groups excluding carboxylic acids is 1. The van der Waals surface area contributed by atoms with Crippen LogP contribution in [0.2, 0.25) is 0 Å². The average Bonchev–Trinajstić information content (AvgIpc) is 2.97. The molecule has 2 aliphatic rings. The second kappa shape index (κ2) is 6.16. The van der Waals surface area contributed by atoms with E-state index in [1.54, 1.807) is 0 Å². The molecule has 2 fully saturated rings. The van der Waals surface area contributed by atoms with E-state index in [-0.39, 0.29) is 25.0 Å². The molecule has 0 aromatic heterocycles. The minimum Gasteiger partial charge on any atom is -0.367 e. The summed E-state index contributed by atoms with van der Waals surface area (Å²) >= 11 is 0. The molecular weight excluding hydrogens is 279 g/mol. The van der Waals surface area contributed by atoms with Crippen molar-refractivity contribution in [2.45, 2.75) is 50.4 Å². The first-order valence-corrected chi connectivity index (χ1v) is 7.28. The number of hydrogen-bond acceptors (Lipinski definition) is 5. The summed E-state index contributed by atoms with van der Waals surface area (Å²) in [6, 6.07) is -1.25. The van der Waals surface area contributed by atoms with Crippen LogP contribution in [0.3, 0.4) is 0 Å². The Hall–Kier alpha value is -0.760. The first kappa shape index (κ1) is 16.6. The molecule has 2 aliphatic heterocycles. The maximum Gasteiger partial charge on any atom is 0.240 e. The summed E-state index contributed by atoms with van der Waals surface area (Å²) in [5.41, 5.74) is 5.96. The standard InChI is InChI=1S/C14H25FN2O4/c1-8(2)5-10(16)13(18)17-6-9(15)11-12(17)14(19-3,20-4)7-21-11/h8-12H,5-7,16H2,1-4H3. The van der Waals surface area contributed by atoms with Gasteiger partial charge in [0.15, 0.2) is 0 Å². The Kier molecular flexibility index (Phi) is 4.87. The molecule has 1 amide bonds. The third-order valence-corrected chi connectivity index (χ3v) is 4.32. The van der Waals surface area contributed by atoms with Crippen molar-refractivity contribution in [2.24, 2.45) is 11.7 Å². The molecule has 2 rings (SSSR count). The van der Waals surface area contributed by atoms with E-state index in [0.717, 1.165) is 0 Å². The molecule has 0 radical (unpaired) electrons. The van der Waals surface area contributed by atoms with Gasteiger partial charge in [0.1, 0.15) is 24.9 Å². The highest BCUT2D eigenvalue weighted by atomic mass is 19.1. The Bertz CT molecular complexity index is 389. The van der Waals surface area contributed by atoms with Gasteiger partial charge in [-0.2, -0.15) is 0 Å². The highest BCUT2D eigenvalue weighted by Gasteiger charge is 2.62. The van der Waals surface area contributed by atoms with Crippen molar-refractivity contribution in [1.82, 2.24) is 4.90 Å². The molecule has 2 N–H and O–H groups in total. The van der Waals surface area contributed by atoms with Crippen LogP contribution < -0.4 is 5.73 Å². The maximum atomic E-state index is 14.2. The third kappa shape index (κ3) is 2.79. The Morgan fingerprint density at radius 2 is 2.10 bits per heavy atom. The maximum absolute atomic E-state index is 14.2. The summed E-state index contributed by atoms with van der Waals surface area (Å²) in [5.74, 6) is -1.11. The fourth-order valence-corrected chi connectivity index (χ4v) is 3.25. The Morgan fingerprint density at radius 3 is 2.62 bits per heavy atom. The fourth-order valence-electron chi connectivity index (χ4n) is 3.25. The van der Waals surface area contributed by atoms with E-state index in [4.69, 9.17) is 19.9 Å². The summed E-state index contributed by atoms with van der Waals surface area (Å²) in [7, 11) is 2.94. The summed E-state index contributed by atoms with van der Waals surface area (Å²) in [4.78, 5) is 14.0. The Balaban J connectivity index is 2.21. The minimum atomic E-state index is -1.25. The van der Waals surface area contributed by atoms with Crippen molar-refractivity contribution in [2.75, 3.05) is 27.4 Å². The zero-order valence-corrected chi connectivity index (χ0v) is 13.0. The topological polar surface area (TPSA) is 74.0 Å². The summed E-state index contributed by atoms with van der Waals surface area (Å²) < 4.78 is 30.4. The number of nitrogens with two attached hydrogens (primary N) is 1. The largest absolute Gasteiger partial charge is 0.367 e. The van der Waals surface area contributed by atoms with E-state index in [2.05, 4.69) is 0 Å². The fraction of sp³-hybridized carbons (Fsp3) is 0.929. The molecule has 2 saturated heterocycles. The molecule has 0 aromatic rings. The molecular formula is C14H25FN2O4. The quantitative estimate of drug-likeness (QED) is 0.739. The molecule has 4 atom stereocenters. The molecule has 0 saturated carbocycles. The number of carbonyl (C=O) groups is 1. The van der Waals surface area contributed by atoms with E-state index >= 15 is 0 Å². The molecule has 2 heterocycles. The molecule has 4 unspecified atom stereocenters. The SMILES string of the molecule is COC1(OC)COC2C(F)CN(C(=O)C(N)CC(C)C)C21. The lowest BCUT2D eigenvalue weighted by molar-refractivity contribution is -0.227. The molecule has 0 spiro atoms. The van der Waals surface area contributed by atoms with E-state index in [1.807, 2.05) is 13.8 Å². The highest BCUT2D eigenvalue weighted by molar-refractivity contribution is 5.82. The lowest BCUT2D eigenvalue weighted by Crippen LogP contribution is -2.57. The summed E-state index contributed by atoms with van der Waals surface area (Å²) in [6.45, 7) is 4.05. The van der Waals surface area contributed by atoms with Crippen LogP contribution in [-0.4, -0.2) is 68.3 Å². The van der Waals surface area contributed by atoms with E-state index in [1.165, 1.54) is 19.1 Å². The zero-order chi connectivity index (χ0) is 15.8. The number of likely N-dealkylation sites (tertiary alicyclic amines) is 1. The van der Waals surface area contributed by atoms with Crippen LogP contribution in [0.4, 0.5) is 4.39 Å². The molecule has 0 bridgehead atoms. The van der Waals surface area contributed by atoms with Gasteiger partial charge in [0.05, 0.1) is 12.6 Å². The van der Waals surface area contributed by atoms with E-state index < -0.39 is 30.1 Å². The van der Waals surface area contributed by atoms with Gasteiger partial charge >= 0.3 is 0 Å². The molecule has 122 valence electrons. The summed E-state index contributed by atoms with van der Waals surface area (Å²) in [6.07, 6.45) is -1.42. The van der Waals surface area contributed by atoms with Crippen molar-refractivity contribution in [1.29, 1.82) is 0 Å². The van der Waals surface area contributed by atoms with Crippen molar-refractivity contribution in [3.8, 4) is 0 Å². The number of alkyl halides is 1. The van der Waals surface area contributed by atoms with Gasteiger partial charge in [0.25, 0.3) is 0 Å². The van der Waals surface area contributed by atoms with Gasteiger partial charge in [-0.3, -0.25) is 4.79 Å². The van der Waals surface area contributed by atoms with Crippen LogP contribution in [0.1, 0.15) is 20.3 Å². The second-order valence-electron chi connectivity index (χ2n) is 6.18. The number of nitrogens with zero attached hydrogens (tertiary/aromatic N) is 1. The van der Waals surface area contributed by atoms with Crippen molar-refractivity contribution >= 4 is 5.91 Å². The number of hydrogen-bond donors (Lipinski definition) is 1. The van der Waals surface area contributed by atoms with Crippen LogP contribution in [0.25, 0.3) is 0 Å². The van der Waals surface area contributed by atoms with Crippen molar-refractivity contribution in [3.63, 3.8) is 0 Å². The summed E-state index contributed by atoms with van der Waals surface area (Å²) in [5, 5.41) is 0. The van der Waals surface area contributed by atoms with Crippen LogP contribution in [-0.2, 0) is 19.0 Å². The molecule has 7 heteroatoms. The van der Waals surface area contributed by atoms with E-state index in [0.29, 0.717) is 6.42 Å². The number of ether oxygens (including phenoxy) is 3. The number of methoxy groups -OCH3 is 2. The van der Waals surface area contributed by atoms with Gasteiger partial charge in [-0.1, -0.05) is 13.8 Å². The average molecular weight is 304 g/mol. The number of halogens is 1. The number of amides is 1. The van der Waals surface area contributed by atoms with Crippen LogP contribution >= 0.6 is 0 Å². The Morgan fingerprint density at radius 1 is 1.48 bits per heavy atom. The van der Waals surface area contributed by atoms with Gasteiger partial charge in [0.2, 0.25) is 11.7 Å². The normalized spacial score (nSPS) is 32.5. The monoisotopic (exact) mass is 304 g/mol. The zero-order valence-electron chi connectivity index (χ0n) is 13.0. The van der Waals surface area contributed by atoms with Gasteiger partial charge in [-0.05, 0) is 12.3 Å². The molecule has 6 nitrogen and oxygen atoms in total. The smallest absolute Gasteiger partial charge is 0.240 e. The Labute approximate surface area is 124 Å². The lowest BCUT2D eigenvalue weighted by atomic mass is 10.0. The van der Waals surface area contributed by atoms with Crippen molar-refractivity contribution in [3.05, 3.63) is 0 Å². The van der Waals surface area contributed by atoms with Crippen molar-refractivity contribution < 1.29 is 23.4 Å². The van der Waals surface area contributed by atoms with Gasteiger partial charge in [-0.15, -0.1) is 0 Å². The second-order valence-corrected chi connectivity index (χ2v) is 6.18. The lowest BCUT2D eigenvalue weighted by Gasteiger charge is -2.36. The predicted octanol–water partition coefficient (Wildman–Crippen LogP) is 0.297.